The van der Waals surface area contributed by atoms with Crippen LogP contribution >= 0.6 is 0 Å². The summed E-state index contributed by atoms with van der Waals surface area (Å²) in [5, 5.41) is 0. The van der Waals surface area contributed by atoms with Gasteiger partial charge >= 0.3 is 0 Å². The minimum Gasteiger partial charge on any atom is -0.493 e. The Bertz CT molecular complexity index is 478. The molecule has 1 saturated carbocycles. The first-order valence-corrected chi connectivity index (χ1v) is 6.11. The first-order chi connectivity index (χ1) is 9.10. The zero-order chi connectivity index (χ0) is 14.0. The van der Waals surface area contributed by atoms with Crippen LogP contribution in [0.15, 0.2) is 24.3 Å². The maximum atomic E-state index is 11.6. The molecule has 4 heteroatoms. The number of ether oxygens (including phenoxy) is 3. The highest BCUT2D eigenvalue weighted by Gasteiger charge is 2.28. The maximum Gasteiger partial charge on any atom is 0.203 e. The number of rotatable bonds is 4. The van der Waals surface area contributed by atoms with Gasteiger partial charge in [-0.05, 0) is 35.6 Å². The largest absolute Gasteiger partial charge is 0.493 e. The fraction of sp³-hybridized carbons (Fsp3) is 0.400. The summed E-state index contributed by atoms with van der Waals surface area (Å²) in [7, 11) is 4.74. The summed E-state index contributed by atoms with van der Waals surface area (Å²) >= 11 is 0. The molecule has 0 aliphatic heterocycles. The van der Waals surface area contributed by atoms with Gasteiger partial charge < -0.3 is 14.2 Å². The molecule has 2 rings (SSSR count). The molecule has 0 bridgehead atoms. The molecule has 19 heavy (non-hydrogen) atoms. The number of hydrogen-bond acceptors (Lipinski definition) is 4. The first kappa shape index (κ1) is 13.5. The van der Waals surface area contributed by atoms with Crippen LogP contribution in [0, 0.1) is 0 Å². The van der Waals surface area contributed by atoms with E-state index in [0.717, 1.165) is 5.56 Å². The lowest BCUT2D eigenvalue weighted by molar-refractivity contribution is -0.114. The lowest BCUT2D eigenvalue weighted by Crippen LogP contribution is -2.00. The van der Waals surface area contributed by atoms with Crippen molar-refractivity contribution in [3.05, 3.63) is 29.8 Å². The van der Waals surface area contributed by atoms with E-state index in [1.165, 1.54) is 0 Å². The highest BCUT2D eigenvalue weighted by Crippen LogP contribution is 2.43. The highest BCUT2D eigenvalue weighted by atomic mass is 16.5. The minimum atomic E-state index is 0.138. The molecule has 1 fully saturated rings. The van der Waals surface area contributed by atoms with Crippen molar-refractivity contribution < 1.29 is 19.0 Å². The summed E-state index contributed by atoms with van der Waals surface area (Å²) in [5.74, 6) is 2.08. The molecule has 1 atom stereocenters. The van der Waals surface area contributed by atoms with Crippen LogP contribution in [0.3, 0.4) is 0 Å². The van der Waals surface area contributed by atoms with Crippen LogP contribution in [0.4, 0.5) is 0 Å². The number of carbonyl (C=O) groups excluding carboxylic acids is 1. The molecule has 0 saturated heterocycles. The Kier molecular flexibility index (Phi) is 3.79. The van der Waals surface area contributed by atoms with Crippen molar-refractivity contribution in [1.29, 1.82) is 0 Å². The third kappa shape index (κ3) is 2.43. The fourth-order valence-corrected chi connectivity index (χ4v) is 2.42. The summed E-state index contributed by atoms with van der Waals surface area (Å²) in [6.07, 6.45) is 1.19. The van der Waals surface area contributed by atoms with Gasteiger partial charge in [0.1, 0.15) is 0 Å². The van der Waals surface area contributed by atoms with Crippen LogP contribution in [0.5, 0.6) is 17.2 Å². The third-order valence-electron chi connectivity index (χ3n) is 3.48. The lowest BCUT2D eigenvalue weighted by Gasteiger charge is -2.16. The zero-order valence-electron chi connectivity index (χ0n) is 11.5. The number of methoxy groups -OCH3 is 3. The average Bonchev–Trinajstić information content (AvgIpc) is 2.76. The summed E-state index contributed by atoms with van der Waals surface area (Å²) in [5.41, 5.74) is 1.71. The smallest absolute Gasteiger partial charge is 0.203 e. The van der Waals surface area contributed by atoms with Gasteiger partial charge in [0.2, 0.25) is 5.75 Å². The SMILES string of the molecule is C=C1CC(c2cc(OC)c(OC)c(OC)c2)CC1=O. The van der Waals surface area contributed by atoms with E-state index >= 15 is 0 Å². The number of carbonyl (C=O) groups is 1. The number of hydrogen-bond donors (Lipinski definition) is 0. The Morgan fingerprint density at radius 3 is 2.00 bits per heavy atom. The number of Topliss-reactive ketones (excluding diaryl/α,β-unsaturated/α-hetero) is 1. The van der Waals surface area contributed by atoms with Crippen LogP contribution in [-0.2, 0) is 4.79 Å². The molecule has 0 amide bonds. The fourth-order valence-electron chi connectivity index (χ4n) is 2.42. The van der Waals surface area contributed by atoms with Crippen LogP contribution < -0.4 is 14.2 Å². The van der Waals surface area contributed by atoms with Crippen molar-refractivity contribution in [3.8, 4) is 17.2 Å². The lowest BCUT2D eigenvalue weighted by atomic mass is 9.96. The standard InChI is InChI=1S/C15H18O4/c1-9-5-10(6-12(9)16)11-7-13(17-2)15(19-4)14(8-11)18-3/h7-8,10H,1,5-6H2,2-4H3. The number of benzene rings is 1. The van der Waals surface area contributed by atoms with Crippen LogP contribution in [-0.4, -0.2) is 27.1 Å². The van der Waals surface area contributed by atoms with Gasteiger partial charge in [-0.15, -0.1) is 0 Å². The minimum absolute atomic E-state index is 0.138. The van der Waals surface area contributed by atoms with E-state index in [0.29, 0.717) is 35.7 Å². The van der Waals surface area contributed by atoms with E-state index in [1.54, 1.807) is 21.3 Å². The molecular formula is C15H18O4. The van der Waals surface area contributed by atoms with Crippen molar-refractivity contribution in [2.75, 3.05) is 21.3 Å². The monoisotopic (exact) mass is 262 g/mol. The van der Waals surface area contributed by atoms with Crippen molar-refractivity contribution in [3.63, 3.8) is 0 Å². The second-order valence-electron chi connectivity index (χ2n) is 4.59. The third-order valence-corrected chi connectivity index (χ3v) is 3.48. The molecule has 0 radical (unpaired) electrons. The van der Waals surface area contributed by atoms with Gasteiger partial charge in [-0.25, -0.2) is 0 Å². The highest BCUT2D eigenvalue weighted by molar-refractivity contribution is 5.97. The number of allylic oxidation sites excluding steroid dienone is 1. The molecule has 1 aromatic carbocycles. The predicted molar refractivity (Wildman–Crippen MR) is 72.2 cm³/mol. The van der Waals surface area contributed by atoms with E-state index in [-0.39, 0.29) is 11.7 Å². The molecule has 0 aromatic heterocycles. The van der Waals surface area contributed by atoms with Gasteiger partial charge in [0.15, 0.2) is 17.3 Å². The van der Waals surface area contributed by atoms with Crippen LogP contribution in [0.2, 0.25) is 0 Å². The Morgan fingerprint density at radius 1 is 1.05 bits per heavy atom. The summed E-state index contributed by atoms with van der Waals surface area (Å²) < 4.78 is 15.9. The van der Waals surface area contributed by atoms with E-state index in [1.807, 2.05) is 12.1 Å². The summed E-state index contributed by atoms with van der Waals surface area (Å²) in [6.45, 7) is 3.79. The molecule has 102 valence electrons. The topological polar surface area (TPSA) is 44.8 Å². The molecule has 4 nitrogen and oxygen atoms in total. The average molecular weight is 262 g/mol. The second-order valence-corrected chi connectivity index (χ2v) is 4.59. The maximum absolute atomic E-state index is 11.6. The van der Waals surface area contributed by atoms with E-state index < -0.39 is 0 Å². The van der Waals surface area contributed by atoms with Crippen molar-refractivity contribution in [1.82, 2.24) is 0 Å². The Labute approximate surface area is 113 Å². The molecule has 1 aliphatic rings. The molecule has 1 unspecified atom stereocenters. The quantitative estimate of drug-likeness (QED) is 0.783. The van der Waals surface area contributed by atoms with E-state index in [4.69, 9.17) is 14.2 Å². The van der Waals surface area contributed by atoms with Crippen molar-refractivity contribution in [2.45, 2.75) is 18.8 Å². The Morgan fingerprint density at radius 2 is 1.63 bits per heavy atom. The van der Waals surface area contributed by atoms with Gasteiger partial charge in [0.05, 0.1) is 21.3 Å². The molecule has 1 aromatic rings. The number of ketones is 1. The predicted octanol–water partition coefficient (Wildman–Crippen LogP) is 2.72. The van der Waals surface area contributed by atoms with E-state index in [2.05, 4.69) is 6.58 Å². The van der Waals surface area contributed by atoms with Gasteiger partial charge in [-0.1, -0.05) is 6.58 Å². The van der Waals surface area contributed by atoms with Crippen molar-refractivity contribution >= 4 is 5.78 Å². The zero-order valence-corrected chi connectivity index (χ0v) is 11.5. The van der Waals surface area contributed by atoms with Gasteiger partial charge in [0, 0.05) is 6.42 Å². The molecule has 0 N–H and O–H groups in total. The van der Waals surface area contributed by atoms with Gasteiger partial charge in [-0.3, -0.25) is 4.79 Å². The van der Waals surface area contributed by atoms with Crippen molar-refractivity contribution in [2.24, 2.45) is 0 Å². The van der Waals surface area contributed by atoms with E-state index in [9.17, 15) is 4.79 Å². The van der Waals surface area contributed by atoms with Gasteiger partial charge in [-0.2, -0.15) is 0 Å². The Balaban J connectivity index is 2.42. The van der Waals surface area contributed by atoms with Crippen LogP contribution in [0.1, 0.15) is 24.3 Å². The van der Waals surface area contributed by atoms with Crippen LogP contribution in [0.25, 0.3) is 0 Å². The first-order valence-electron chi connectivity index (χ1n) is 6.11. The second kappa shape index (κ2) is 5.34. The summed E-state index contributed by atoms with van der Waals surface area (Å²) in [4.78, 5) is 11.6. The van der Waals surface area contributed by atoms with Gasteiger partial charge in [0.25, 0.3) is 0 Å². The molecular weight excluding hydrogens is 244 g/mol. The molecule has 1 aliphatic carbocycles. The normalized spacial score (nSPS) is 18.6. The Hall–Kier alpha value is -1.97. The molecule has 0 heterocycles. The summed E-state index contributed by atoms with van der Waals surface area (Å²) in [6, 6.07) is 3.80. The molecule has 0 spiro atoms.